The van der Waals surface area contributed by atoms with E-state index in [9.17, 15) is 0 Å². The quantitative estimate of drug-likeness (QED) is 0.628. The molecule has 2 N–H and O–H groups in total. The molecule has 0 amide bonds. The first-order valence-corrected chi connectivity index (χ1v) is 8.55. The number of nitrogens with zero attached hydrogens (tertiary/aromatic N) is 3. The predicted molar refractivity (Wildman–Crippen MR) is 106 cm³/mol. The second kappa shape index (κ2) is 8.51. The lowest BCUT2D eigenvalue weighted by Gasteiger charge is -2.26. The predicted octanol–water partition coefficient (Wildman–Crippen LogP) is 2.79. The standard InChI is InChI=1S/C20H29N5/c1-20(2,16-10-7-6-8-11-16)15-23-19(21-3)22-14-17-12-9-13-18(24-17)25(4)5/h6-13H,14-15H2,1-5H3,(H2,21,22,23). The highest BCUT2D eigenvalue weighted by molar-refractivity contribution is 5.79. The van der Waals surface area contributed by atoms with Gasteiger partial charge in [-0.3, -0.25) is 4.99 Å². The molecule has 0 aliphatic rings. The van der Waals surface area contributed by atoms with Crippen molar-refractivity contribution in [3.63, 3.8) is 0 Å². The van der Waals surface area contributed by atoms with E-state index in [4.69, 9.17) is 0 Å². The Morgan fingerprint density at radius 2 is 1.76 bits per heavy atom. The van der Waals surface area contributed by atoms with E-state index in [1.165, 1.54) is 5.56 Å². The van der Waals surface area contributed by atoms with E-state index in [2.05, 4.69) is 58.7 Å². The Balaban J connectivity index is 1.92. The van der Waals surface area contributed by atoms with Crippen molar-refractivity contribution in [2.75, 3.05) is 32.6 Å². The monoisotopic (exact) mass is 339 g/mol. The smallest absolute Gasteiger partial charge is 0.191 e. The Labute approximate surface area is 151 Å². The van der Waals surface area contributed by atoms with Crippen molar-refractivity contribution in [1.82, 2.24) is 15.6 Å². The molecular formula is C20H29N5. The molecule has 2 rings (SSSR count). The van der Waals surface area contributed by atoms with Crippen LogP contribution >= 0.6 is 0 Å². The van der Waals surface area contributed by atoms with Crippen molar-refractivity contribution < 1.29 is 0 Å². The Hall–Kier alpha value is -2.56. The lowest BCUT2D eigenvalue weighted by atomic mass is 9.85. The van der Waals surface area contributed by atoms with Crippen LogP contribution in [-0.2, 0) is 12.0 Å². The summed E-state index contributed by atoms with van der Waals surface area (Å²) in [5, 5.41) is 6.75. The van der Waals surface area contributed by atoms with Gasteiger partial charge in [0.05, 0.1) is 12.2 Å². The molecule has 2 aromatic rings. The van der Waals surface area contributed by atoms with Crippen LogP contribution in [0.25, 0.3) is 0 Å². The number of anilines is 1. The third kappa shape index (κ3) is 5.48. The number of nitrogens with one attached hydrogen (secondary N) is 2. The van der Waals surface area contributed by atoms with Gasteiger partial charge in [0.15, 0.2) is 5.96 Å². The molecule has 0 aliphatic heterocycles. The average Bonchev–Trinajstić information content (AvgIpc) is 2.63. The minimum atomic E-state index is 0.0158. The minimum absolute atomic E-state index is 0.0158. The van der Waals surface area contributed by atoms with E-state index in [-0.39, 0.29) is 5.41 Å². The van der Waals surface area contributed by atoms with Gasteiger partial charge in [-0.15, -0.1) is 0 Å². The van der Waals surface area contributed by atoms with Crippen LogP contribution in [0.15, 0.2) is 53.5 Å². The fraction of sp³-hybridized carbons (Fsp3) is 0.400. The summed E-state index contributed by atoms with van der Waals surface area (Å²) in [6.45, 7) is 5.88. The maximum absolute atomic E-state index is 4.62. The van der Waals surface area contributed by atoms with Crippen molar-refractivity contribution in [2.24, 2.45) is 4.99 Å². The summed E-state index contributed by atoms with van der Waals surface area (Å²) in [5.74, 6) is 1.73. The van der Waals surface area contributed by atoms with Gasteiger partial charge in [-0.1, -0.05) is 50.2 Å². The van der Waals surface area contributed by atoms with E-state index < -0.39 is 0 Å². The molecule has 0 bridgehead atoms. The molecule has 134 valence electrons. The van der Waals surface area contributed by atoms with Crippen molar-refractivity contribution in [1.29, 1.82) is 0 Å². The Kier molecular flexibility index (Phi) is 6.39. The van der Waals surface area contributed by atoms with Crippen LogP contribution in [0.1, 0.15) is 25.1 Å². The molecule has 0 unspecified atom stereocenters. The first kappa shape index (κ1) is 18.8. The molecule has 25 heavy (non-hydrogen) atoms. The summed E-state index contributed by atoms with van der Waals surface area (Å²) in [5.41, 5.74) is 2.30. The van der Waals surface area contributed by atoms with E-state index in [1.54, 1.807) is 7.05 Å². The summed E-state index contributed by atoms with van der Waals surface area (Å²) in [7, 11) is 5.77. The Morgan fingerprint density at radius 3 is 2.40 bits per heavy atom. The zero-order chi connectivity index (χ0) is 18.3. The Bertz CT molecular complexity index is 692. The highest BCUT2D eigenvalue weighted by Crippen LogP contribution is 2.21. The lowest BCUT2D eigenvalue weighted by molar-refractivity contribution is 0.508. The molecule has 1 aromatic carbocycles. The number of guanidine groups is 1. The maximum atomic E-state index is 4.62. The zero-order valence-electron chi connectivity index (χ0n) is 15.9. The van der Waals surface area contributed by atoms with Gasteiger partial charge in [0.1, 0.15) is 5.82 Å². The van der Waals surface area contributed by atoms with E-state index >= 15 is 0 Å². The second-order valence-corrected chi connectivity index (χ2v) is 6.91. The average molecular weight is 339 g/mol. The normalized spacial score (nSPS) is 12.0. The van der Waals surface area contributed by atoms with Crippen LogP contribution in [0.3, 0.4) is 0 Å². The van der Waals surface area contributed by atoms with Gasteiger partial charge < -0.3 is 15.5 Å². The molecular weight excluding hydrogens is 310 g/mol. The van der Waals surface area contributed by atoms with Crippen LogP contribution in [0, 0.1) is 0 Å². The second-order valence-electron chi connectivity index (χ2n) is 6.91. The van der Waals surface area contributed by atoms with Crippen LogP contribution in [0.2, 0.25) is 0 Å². The van der Waals surface area contributed by atoms with E-state index in [1.807, 2.05) is 43.3 Å². The third-order valence-electron chi connectivity index (χ3n) is 4.16. The van der Waals surface area contributed by atoms with Gasteiger partial charge in [0, 0.05) is 33.1 Å². The van der Waals surface area contributed by atoms with Crippen molar-refractivity contribution >= 4 is 11.8 Å². The van der Waals surface area contributed by atoms with Crippen molar-refractivity contribution in [3.8, 4) is 0 Å². The fourth-order valence-corrected chi connectivity index (χ4v) is 2.51. The first-order valence-electron chi connectivity index (χ1n) is 8.55. The molecule has 0 radical (unpaired) electrons. The highest BCUT2D eigenvalue weighted by Gasteiger charge is 2.20. The van der Waals surface area contributed by atoms with Gasteiger partial charge in [0.25, 0.3) is 0 Å². The molecule has 1 aromatic heterocycles. The molecule has 5 heteroatoms. The lowest BCUT2D eigenvalue weighted by Crippen LogP contribution is -2.43. The molecule has 0 saturated heterocycles. The maximum Gasteiger partial charge on any atom is 0.191 e. The summed E-state index contributed by atoms with van der Waals surface area (Å²) in [4.78, 5) is 10.9. The van der Waals surface area contributed by atoms with Gasteiger partial charge >= 0.3 is 0 Å². The van der Waals surface area contributed by atoms with Crippen LogP contribution in [-0.4, -0.2) is 38.6 Å². The van der Waals surface area contributed by atoms with E-state index in [0.717, 1.165) is 24.0 Å². The zero-order valence-corrected chi connectivity index (χ0v) is 15.9. The molecule has 0 atom stereocenters. The molecule has 5 nitrogen and oxygen atoms in total. The summed E-state index contributed by atoms with van der Waals surface area (Å²) in [6, 6.07) is 16.6. The topological polar surface area (TPSA) is 52.6 Å². The largest absolute Gasteiger partial charge is 0.363 e. The first-order chi connectivity index (χ1) is 11.9. The molecule has 0 aliphatic carbocycles. The molecule has 0 fully saturated rings. The van der Waals surface area contributed by atoms with Gasteiger partial charge in [-0.25, -0.2) is 4.98 Å². The van der Waals surface area contributed by atoms with Crippen molar-refractivity contribution in [3.05, 3.63) is 59.8 Å². The van der Waals surface area contributed by atoms with Crippen LogP contribution in [0.4, 0.5) is 5.82 Å². The number of hydrogen-bond donors (Lipinski definition) is 2. The molecule has 0 spiro atoms. The van der Waals surface area contributed by atoms with E-state index in [0.29, 0.717) is 6.54 Å². The number of benzene rings is 1. The van der Waals surface area contributed by atoms with Crippen LogP contribution in [0.5, 0.6) is 0 Å². The molecule has 1 heterocycles. The summed E-state index contributed by atoms with van der Waals surface area (Å²) < 4.78 is 0. The highest BCUT2D eigenvalue weighted by atomic mass is 15.2. The molecule has 0 saturated carbocycles. The SMILES string of the molecule is CN=C(NCc1cccc(N(C)C)n1)NCC(C)(C)c1ccccc1. The van der Waals surface area contributed by atoms with Crippen LogP contribution < -0.4 is 15.5 Å². The summed E-state index contributed by atoms with van der Waals surface area (Å²) >= 11 is 0. The van der Waals surface area contributed by atoms with Crippen molar-refractivity contribution in [2.45, 2.75) is 25.8 Å². The third-order valence-corrected chi connectivity index (χ3v) is 4.16. The minimum Gasteiger partial charge on any atom is -0.363 e. The number of hydrogen-bond acceptors (Lipinski definition) is 3. The van der Waals surface area contributed by atoms with Gasteiger partial charge in [0.2, 0.25) is 0 Å². The summed E-state index contributed by atoms with van der Waals surface area (Å²) in [6.07, 6.45) is 0. The number of aliphatic imine (C=N–C) groups is 1. The number of pyridine rings is 1. The van der Waals surface area contributed by atoms with Gasteiger partial charge in [-0.2, -0.15) is 0 Å². The van der Waals surface area contributed by atoms with Gasteiger partial charge in [-0.05, 0) is 17.7 Å². The Morgan fingerprint density at radius 1 is 1.04 bits per heavy atom. The number of rotatable bonds is 6. The fourth-order valence-electron chi connectivity index (χ4n) is 2.51. The number of aromatic nitrogens is 1.